The first-order chi connectivity index (χ1) is 7.15. The first-order valence-electron chi connectivity index (χ1n) is 6.07. The highest BCUT2D eigenvalue weighted by Gasteiger charge is 2.45. The van der Waals surface area contributed by atoms with Crippen LogP contribution in [0.25, 0.3) is 0 Å². The van der Waals surface area contributed by atoms with Crippen LogP contribution in [0.1, 0.15) is 45.4 Å². The normalized spacial score (nSPS) is 37.4. The number of rotatable bonds is 2. The molecule has 1 spiro atoms. The van der Waals surface area contributed by atoms with E-state index < -0.39 is 0 Å². The molecule has 16 heavy (non-hydrogen) atoms. The van der Waals surface area contributed by atoms with Crippen molar-refractivity contribution < 1.29 is 9.53 Å². The van der Waals surface area contributed by atoms with Crippen LogP contribution in [-0.4, -0.2) is 18.6 Å². The van der Waals surface area contributed by atoms with Crippen molar-refractivity contribution in [3.05, 3.63) is 0 Å². The fourth-order valence-electron chi connectivity index (χ4n) is 3.19. The Morgan fingerprint density at radius 1 is 1.38 bits per heavy atom. The Morgan fingerprint density at radius 3 is 2.38 bits per heavy atom. The molecule has 0 bridgehead atoms. The molecule has 0 aliphatic heterocycles. The molecule has 4 heteroatoms. The highest BCUT2D eigenvalue weighted by molar-refractivity contribution is 5.85. The summed E-state index contributed by atoms with van der Waals surface area (Å²) in [6.07, 6.45) is 6.69. The first-order valence-corrected chi connectivity index (χ1v) is 6.07. The standard InChI is InChI=1S/C12H21NO2.ClH/c1-2-15-11(14)9-3-5-12(6-4-9)7-10(13)8-12;/h9-10H,2-8,13H2,1H3;1H. The maximum Gasteiger partial charge on any atom is 0.308 e. The lowest BCUT2D eigenvalue weighted by Crippen LogP contribution is -2.48. The van der Waals surface area contributed by atoms with Crippen molar-refractivity contribution in [3.8, 4) is 0 Å². The van der Waals surface area contributed by atoms with E-state index in [0.29, 0.717) is 18.1 Å². The molecule has 0 radical (unpaired) electrons. The minimum atomic E-state index is 0. The smallest absolute Gasteiger partial charge is 0.308 e. The molecule has 2 fully saturated rings. The van der Waals surface area contributed by atoms with Gasteiger partial charge < -0.3 is 10.5 Å². The van der Waals surface area contributed by atoms with Crippen molar-refractivity contribution in [3.63, 3.8) is 0 Å². The van der Waals surface area contributed by atoms with E-state index >= 15 is 0 Å². The first kappa shape index (κ1) is 13.8. The lowest BCUT2D eigenvalue weighted by atomic mass is 9.57. The van der Waals surface area contributed by atoms with Crippen LogP contribution in [-0.2, 0) is 9.53 Å². The number of ether oxygens (including phenoxy) is 1. The van der Waals surface area contributed by atoms with E-state index in [2.05, 4.69) is 0 Å². The lowest BCUT2D eigenvalue weighted by Gasteiger charge is -2.50. The summed E-state index contributed by atoms with van der Waals surface area (Å²) in [7, 11) is 0. The van der Waals surface area contributed by atoms with Crippen LogP contribution >= 0.6 is 12.4 Å². The van der Waals surface area contributed by atoms with E-state index in [0.717, 1.165) is 12.8 Å². The molecule has 2 rings (SSSR count). The predicted octanol–water partition coefficient (Wildman–Crippen LogP) is 2.27. The second-order valence-corrected chi connectivity index (χ2v) is 5.19. The van der Waals surface area contributed by atoms with Crippen molar-refractivity contribution in [2.45, 2.75) is 51.5 Å². The van der Waals surface area contributed by atoms with Gasteiger partial charge in [0.25, 0.3) is 0 Å². The maximum atomic E-state index is 11.5. The number of halogens is 1. The summed E-state index contributed by atoms with van der Waals surface area (Å²) in [5, 5.41) is 0. The van der Waals surface area contributed by atoms with Crippen molar-refractivity contribution in [2.24, 2.45) is 17.1 Å². The van der Waals surface area contributed by atoms with Gasteiger partial charge in [0, 0.05) is 6.04 Å². The monoisotopic (exact) mass is 247 g/mol. The minimum absolute atomic E-state index is 0. The van der Waals surface area contributed by atoms with Gasteiger partial charge in [-0.05, 0) is 50.9 Å². The van der Waals surface area contributed by atoms with Crippen molar-refractivity contribution in [1.82, 2.24) is 0 Å². The molecule has 0 heterocycles. The molecule has 2 saturated carbocycles. The zero-order valence-corrected chi connectivity index (χ0v) is 10.7. The molecule has 0 unspecified atom stereocenters. The van der Waals surface area contributed by atoms with Gasteiger partial charge in [0.2, 0.25) is 0 Å². The molecule has 2 N–H and O–H groups in total. The third-order valence-electron chi connectivity index (χ3n) is 4.06. The number of esters is 1. The average Bonchev–Trinajstić information content (AvgIpc) is 2.17. The Labute approximate surface area is 104 Å². The summed E-state index contributed by atoms with van der Waals surface area (Å²) in [4.78, 5) is 11.5. The van der Waals surface area contributed by atoms with Crippen LogP contribution in [0.15, 0.2) is 0 Å². The van der Waals surface area contributed by atoms with Gasteiger partial charge in [0.05, 0.1) is 12.5 Å². The van der Waals surface area contributed by atoms with Gasteiger partial charge in [-0.3, -0.25) is 4.79 Å². The fraction of sp³-hybridized carbons (Fsp3) is 0.917. The SMILES string of the molecule is CCOC(=O)C1CCC2(CC1)CC(N)C2.Cl. The minimum Gasteiger partial charge on any atom is -0.466 e. The molecule has 94 valence electrons. The maximum absolute atomic E-state index is 11.5. The molecule has 2 aliphatic rings. The summed E-state index contributed by atoms with van der Waals surface area (Å²) in [6.45, 7) is 2.37. The number of hydrogen-bond donors (Lipinski definition) is 1. The highest BCUT2D eigenvalue weighted by atomic mass is 35.5. The molecule has 0 aromatic rings. The van der Waals surface area contributed by atoms with Gasteiger partial charge in [0.1, 0.15) is 0 Å². The number of carbonyl (C=O) groups excluding carboxylic acids is 1. The Balaban J connectivity index is 0.00000128. The Bertz CT molecular complexity index is 241. The summed E-state index contributed by atoms with van der Waals surface area (Å²) in [6, 6.07) is 0.421. The molecule has 0 aromatic heterocycles. The molecular weight excluding hydrogens is 226 g/mol. The Hall–Kier alpha value is -0.280. The second-order valence-electron chi connectivity index (χ2n) is 5.19. The third-order valence-corrected chi connectivity index (χ3v) is 4.06. The predicted molar refractivity (Wildman–Crippen MR) is 65.5 cm³/mol. The van der Waals surface area contributed by atoms with E-state index in [-0.39, 0.29) is 24.3 Å². The average molecular weight is 248 g/mol. The number of nitrogens with two attached hydrogens (primary N) is 1. The van der Waals surface area contributed by atoms with Gasteiger partial charge in [-0.2, -0.15) is 0 Å². The summed E-state index contributed by atoms with van der Waals surface area (Å²) >= 11 is 0. The van der Waals surface area contributed by atoms with Crippen LogP contribution < -0.4 is 5.73 Å². The van der Waals surface area contributed by atoms with Crippen LogP contribution in [0, 0.1) is 11.3 Å². The number of hydrogen-bond acceptors (Lipinski definition) is 3. The molecule has 2 aliphatic carbocycles. The zero-order valence-electron chi connectivity index (χ0n) is 9.91. The number of carbonyl (C=O) groups is 1. The van der Waals surface area contributed by atoms with Crippen LogP contribution in [0.3, 0.4) is 0 Å². The molecule has 0 atom stereocenters. The van der Waals surface area contributed by atoms with Crippen LogP contribution in [0.2, 0.25) is 0 Å². The van der Waals surface area contributed by atoms with Crippen LogP contribution in [0.4, 0.5) is 0 Å². The Kier molecular flexibility index (Phi) is 4.62. The van der Waals surface area contributed by atoms with E-state index in [9.17, 15) is 4.79 Å². The van der Waals surface area contributed by atoms with Crippen molar-refractivity contribution >= 4 is 18.4 Å². The fourth-order valence-corrected chi connectivity index (χ4v) is 3.19. The quantitative estimate of drug-likeness (QED) is 0.762. The van der Waals surface area contributed by atoms with Gasteiger partial charge in [-0.25, -0.2) is 0 Å². The van der Waals surface area contributed by atoms with E-state index in [1.165, 1.54) is 25.7 Å². The van der Waals surface area contributed by atoms with Crippen molar-refractivity contribution in [1.29, 1.82) is 0 Å². The summed E-state index contributed by atoms with van der Waals surface area (Å²) < 4.78 is 5.06. The third kappa shape index (κ3) is 2.69. The second kappa shape index (κ2) is 5.37. The Morgan fingerprint density at radius 2 is 1.94 bits per heavy atom. The topological polar surface area (TPSA) is 52.3 Å². The van der Waals surface area contributed by atoms with E-state index in [1.807, 2.05) is 6.92 Å². The largest absolute Gasteiger partial charge is 0.466 e. The lowest BCUT2D eigenvalue weighted by molar-refractivity contribution is -0.150. The molecule has 0 amide bonds. The summed E-state index contributed by atoms with van der Waals surface area (Å²) in [5.41, 5.74) is 6.34. The van der Waals surface area contributed by atoms with Gasteiger partial charge in [0.15, 0.2) is 0 Å². The molecule has 0 aromatic carbocycles. The van der Waals surface area contributed by atoms with E-state index in [4.69, 9.17) is 10.5 Å². The van der Waals surface area contributed by atoms with Crippen LogP contribution in [0.5, 0.6) is 0 Å². The highest BCUT2D eigenvalue weighted by Crippen LogP contribution is 2.52. The zero-order chi connectivity index (χ0) is 10.9. The summed E-state index contributed by atoms with van der Waals surface area (Å²) in [5.74, 6) is 0.170. The molecule has 0 saturated heterocycles. The van der Waals surface area contributed by atoms with E-state index in [1.54, 1.807) is 0 Å². The van der Waals surface area contributed by atoms with Gasteiger partial charge in [-0.15, -0.1) is 12.4 Å². The van der Waals surface area contributed by atoms with Gasteiger partial charge in [-0.1, -0.05) is 0 Å². The molecular formula is C12H22ClNO2. The van der Waals surface area contributed by atoms with Crippen molar-refractivity contribution in [2.75, 3.05) is 6.61 Å². The van der Waals surface area contributed by atoms with Gasteiger partial charge >= 0.3 is 5.97 Å². The molecule has 3 nitrogen and oxygen atoms in total.